The highest BCUT2D eigenvalue weighted by Crippen LogP contribution is 2.33. The second kappa shape index (κ2) is 8.15. The highest BCUT2D eigenvalue weighted by molar-refractivity contribution is 9.10. The molecule has 0 fully saturated rings. The highest BCUT2D eigenvalue weighted by atomic mass is 79.9. The maximum atomic E-state index is 14.4. The Balaban J connectivity index is 1.82. The molecule has 1 amide bonds. The van der Waals surface area contributed by atoms with Gasteiger partial charge in [-0.05, 0) is 30.7 Å². The molecule has 0 saturated carbocycles. The molecule has 0 aliphatic rings. The van der Waals surface area contributed by atoms with E-state index in [0.29, 0.717) is 27.5 Å². The number of halogens is 3. The first-order valence-electron chi connectivity index (χ1n) is 8.19. The van der Waals surface area contributed by atoms with Gasteiger partial charge >= 0.3 is 6.09 Å². The van der Waals surface area contributed by atoms with Crippen LogP contribution in [0.2, 0.25) is 5.02 Å². The summed E-state index contributed by atoms with van der Waals surface area (Å²) in [5.41, 5.74) is 1.64. The maximum Gasteiger partial charge on any atom is 0.413 e. The van der Waals surface area contributed by atoms with Crippen LogP contribution in [0.15, 0.2) is 59.2 Å². The van der Waals surface area contributed by atoms with Gasteiger partial charge in [-0.3, -0.25) is 5.32 Å². The number of nitrogens with one attached hydrogen (secondary N) is 1. The summed E-state index contributed by atoms with van der Waals surface area (Å²) in [7, 11) is 1.65. The van der Waals surface area contributed by atoms with Gasteiger partial charge in [-0.25, -0.2) is 9.18 Å². The fraction of sp³-hybridized carbons (Fsp3) is 0.150. The van der Waals surface area contributed by atoms with Crippen molar-refractivity contribution in [3.63, 3.8) is 0 Å². The summed E-state index contributed by atoms with van der Waals surface area (Å²) in [6, 6.07) is 14.3. The SMILES string of the molecule is CC(OC(=O)Nc1c(-c2ccc(Br)cc2)c(F)cn1C)c1ccccc1Cl. The quantitative estimate of drug-likeness (QED) is 0.488. The van der Waals surface area contributed by atoms with E-state index in [-0.39, 0.29) is 0 Å². The van der Waals surface area contributed by atoms with Crippen LogP contribution in [-0.4, -0.2) is 10.7 Å². The van der Waals surface area contributed by atoms with Crippen molar-refractivity contribution >= 4 is 39.4 Å². The molecule has 2 aromatic carbocycles. The van der Waals surface area contributed by atoms with Crippen molar-refractivity contribution in [1.82, 2.24) is 4.57 Å². The second-order valence-corrected chi connectivity index (χ2v) is 7.34. The molecular formula is C20H17BrClFN2O2. The fourth-order valence-corrected chi connectivity index (χ4v) is 3.34. The molecule has 3 aromatic rings. The standard InChI is InChI=1S/C20H17BrClFN2O2/c1-12(15-5-3-4-6-16(15)22)27-20(26)24-19-18(17(23)11-25(19)2)13-7-9-14(21)10-8-13/h3-12H,1-2H3,(H,24,26). The summed E-state index contributed by atoms with van der Waals surface area (Å²) in [5, 5.41) is 3.15. The zero-order valence-corrected chi connectivity index (χ0v) is 17.0. The molecule has 1 N–H and O–H groups in total. The summed E-state index contributed by atoms with van der Waals surface area (Å²) in [6.07, 6.45) is 0.0618. The number of nitrogens with zero attached hydrogens (tertiary/aromatic N) is 1. The minimum atomic E-state index is -0.693. The number of aromatic nitrogens is 1. The van der Waals surface area contributed by atoms with E-state index in [1.54, 1.807) is 44.3 Å². The van der Waals surface area contributed by atoms with Crippen molar-refractivity contribution < 1.29 is 13.9 Å². The Kier molecular flexibility index (Phi) is 5.87. The number of anilines is 1. The maximum absolute atomic E-state index is 14.4. The van der Waals surface area contributed by atoms with Crippen LogP contribution >= 0.6 is 27.5 Å². The number of carbonyl (C=O) groups excluding carboxylic acids is 1. The van der Waals surface area contributed by atoms with Crippen LogP contribution in [0.4, 0.5) is 15.0 Å². The third-order valence-corrected chi connectivity index (χ3v) is 4.99. The van der Waals surface area contributed by atoms with E-state index in [1.165, 1.54) is 10.8 Å². The van der Waals surface area contributed by atoms with Crippen LogP contribution in [0, 0.1) is 5.82 Å². The summed E-state index contributed by atoms with van der Waals surface area (Å²) in [6.45, 7) is 1.72. The average molecular weight is 452 g/mol. The van der Waals surface area contributed by atoms with E-state index in [0.717, 1.165) is 4.47 Å². The third-order valence-electron chi connectivity index (χ3n) is 4.12. The number of ether oxygens (including phenoxy) is 1. The zero-order valence-electron chi connectivity index (χ0n) is 14.7. The lowest BCUT2D eigenvalue weighted by atomic mass is 10.1. The Morgan fingerprint density at radius 1 is 1.22 bits per heavy atom. The molecule has 0 aliphatic carbocycles. The molecule has 1 heterocycles. The lowest BCUT2D eigenvalue weighted by Gasteiger charge is -2.16. The number of hydrogen-bond donors (Lipinski definition) is 1. The highest BCUT2D eigenvalue weighted by Gasteiger charge is 2.20. The molecule has 0 bridgehead atoms. The van der Waals surface area contributed by atoms with Crippen LogP contribution in [0.3, 0.4) is 0 Å². The minimum Gasteiger partial charge on any atom is -0.441 e. The van der Waals surface area contributed by atoms with Crippen LogP contribution < -0.4 is 5.32 Å². The Morgan fingerprint density at radius 2 is 1.89 bits per heavy atom. The van der Waals surface area contributed by atoms with Gasteiger partial charge in [-0.2, -0.15) is 0 Å². The van der Waals surface area contributed by atoms with Crippen molar-refractivity contribution in [3.05, 3.63) is 75.6 Å². The van der Waals surface area contributed by atoms with Gasteiger partial charge in [0.2, 0.25) is 0 Å². The predicted octanol–water partition coefficient (Wildman–Crippen LogP) is 6.56. The third kappa shape index (κ3) is 4.34. The van der Waals surface area contributed by atoms with Crippen molar-refractivity contribution in [2.45, 2.75) is 13.0 Å². The molecule has 1 aromatic heterocycles. The van der Waals surface area contributed by atoms with E-state index in [1.807, 2.05) is 18.2 Å². The molecule has 4 nitrogen and oxygen atoms in total. The number of carbonyl (C=O) groups is 1. The van der Waals surface area contributed by atoms with Gasteiger partial charge in [-0.1, -0.05) is 57.9 Å². The smallest absolute Gasteiger partial charge is 0.413 e. The van der Waals surface area contributed by atoms with Gasteiger partial charge in [0.25, 0.3) is 0 Å². The average Bonchev–Trinajstić information content (AvgIpc) is 2.89. The molecule has 3 rings (SSSR count). The van der Waals surface area contributed by atoms with E-state index >= 15 is 0 Å². The van der Waals surface area contributed by atoms with Gasteiger partial charge in [-0.15, -0.1) is 0 Å². The molecule has 140 valence electrons. The molecule has 1 unspecified atom stereocenters. The van der Waals surface area contributed by atoms with Gasteiger partial charge in [0.15, 0.2) is 5.82 Å². The fourth-order valence-electron chi connectivity index (χ4n) is 2.79. The first kappa shape index (κ1) is 19.5. The lowest BCUT2D eigenvalue weighted by Crippen LogP contribution is -2.18. The van der Waals surface area contributed by atoms with Gasteiger partial charge < -0.3 is 9.30 Å². The Hall–Kier alpha value is -2.31. The molecule has 0 spiro atoms. The Bertz CT molecular complexity index is 973. The van der Waals surface area contributed by atoms with Gasteiger partial charge in [0.05, 0.1) is 5.56 Å². The van der Waals surface area contributed by atoms with E-state index in [2.05, 4.69) is 21.2 Å². The number of aryl methyl sites for hydroxylation is 1. The molecule has 27 heavy (non-hydrogen) atoms. The zero-order chi connectivity index (χ0) is 19.6. The Morgan fingerprint density at radius 3 is 2.56 bits per heavy atom. The monoisotopic (exact) mass is 450 g/mol. The summed E-state index contributed by atoms with van der Waals surface area (Å²) < 4.78 is 22.3. The summed E-state index contributed by atoms with van der Waals surface area (Å²) in [4.78, 5) is 12.4. The minimum absolute atomic E-state index is 0.298. The number of benzene rings is 2. The van der Waals surface area contributed by atoms with Crippen LogP contribution in [0.5, 0.6) is 0 Å². The molecule has 0 saturated heterocycles. The van der Waals surface area contributed by atoms with Gasteiger partial charge in [0, 0.05) is 28.3 Å². The van der Waals surface area contributed by atoms with Crippen LogP contribution in [0.1, 0.15) is 18.6 Å². The van der Waals surface area contributed by atoms with E-state index in [9.17, 15) is 9.18 Å². The number of hydrogen-bond acceptors (Lipinski definition) is 2. The normalized spacial score (nSPS) is 11.9. The first-order chi connectivity index (χ1) is 12.9. The first-order valence-corrected chi connectivity index (χ1v) is 9.36. The van der Waals surface area contributed by atoms with Crippen molar-refractivity contribution in [3.8, 4) is 11.1 Å². The molecule has 7 heteroatoms. The second-order valence-electron chi connectivity index (χ2n) is 6.01. The summed E-state index contributed by atoms with van der Waals surface area (Å²) >= 11 is 9.50. The molecule has 0 radical (unpaired) electrons. The van der Waals surface area contributed by atoms with Crippen LogP contribution in [0.25, 0.3) is 11.1 Å². The molecule has 0 aliphatic heterocycles. The van der Waals surface area contributed by atoms with E-state index in [4.69, 9.17) is 16.3 Å². The van der Waals surface area contributed by atoms with Crippen molar-refractivity contribution in [2.75, 3.05) is 5.32 Å². The molecular weight excluding hydrogens is 435 g/mol. The Labute approximate surface area is 170 Å². The summed E-state index contributed by atoms with van der Waals surface area (Å²) in [5.74, 6) is -0.125. The van der Waals surface area contributed by atoms with Crippen LogP contribution in [-0.2, 0) is 11.8 Å². The largest absolute Gasteiger partial charge is 0.441 e. The van der Waals surface area contributed by atoms with Crippen molar-refractivity contribution in [2.24, 2.45) is 7.05 Å². The number of rotatable bonds is 4. The predicted molar refractivity (Wildman–Crippen MR) is 108 cm³/mol. The van der Waals surface area contributed by atoms with Crippen molar-refractivity contribution in [1.29, 1.82) is 0 Å². The lowest BCUT2D eigenvalue weighted by molar-refractivity contribution is 0.121. The topological polar surface area (TPSA) is 43.3 Å². The molecule has 1 atom stereocenters. The number of amides is 1. The van der Waals surface area contributed by atoms with Gasteiger partial charge in [0.1, 0.15) is 11.9 Å². The van der Waals surface area contributed by atoms with E-state index < -0.39 is 18.0 Å².